The van der Waals surface area contributed by atoms with E-state index in [-0.39, 0.29) is 5.41 Å². The first-order valence-corrected chi connectivity index (χ1v) is 20.2. The number of hydrogen-bond donors (Lipinski definition) is 0. The zero-order valence-corrected chi connectivity index (χ0v) is 32.8. The van der Waals surface area contributed by atoms with Gasteiger partial charge in [-0.1, -0.05) is 185 Å². The molecule has 1 heteroatoms. The maximum Gasteiger partial charge on any atom is 0.143 e. The molecule has 0 spiro atoms. The van der Waals surface area contributed by atoms with Crippen molar-refractivity contribution < 1.29 is 4.42 Å². The van der Waals surface area contributed by atoms with E-state index >= 15 is 0 Å². The lowest BCUT2D eigenvalue weighted by Crippen LogP contribution is -2.14. The smallest absolute Gasteiger partial charge is 0.143 e. The van der Waals surface area contributed by atoms with Crippen LogP contribution in [0.3, 0.4) is 0 Å². The van der Waals surface area contributed by atoms with Crippen LogP contribution < -0.4 is 0 Å². The molecule has 0 radical (unpaired) electrons. The van der Waals surface area contributed by atoms with Crippen molar-refractivity contribution in [3.63, 3.8) is 0 Å². The second kappa shape index (κ2) is 13.8. The summed E-state index contributed by atoms with van der Waals surface area (Å²) in [6.07, 6.45) is 10.3. The highest BCUT2D eigenvalue weighted by molar-refractivity contribution is 6.22. The monoisotopic (exact) mass is 732 g/mol. The molecule has 0 atom stereocenters. The van der Waals surface area contributed by atoms with E-state index in [1.54, 1.807) is 0 Å². The van der Waals surface area contributed by atoms with Crippen LogP contribution in [0.4, 0.5) is 0 Å². The summed E-state index contributed by atoms with van der Waals surface area (Å²) in [5, 5.41) is 7.35. The largest absolute Gasteiger partial charge is 0.455 e. The molecule has 10 rings (SSSR count). The van der Waals surface area contributed by atoms with Crippen LogP contribution in [-0.4, -0.2) is 0 Å². The highest BCUT2D eigenvalue weighted by atomic mass is 16.3. The number of allylic oxidation sites excluding steroid dienone is 5. The second-order valence-corrected chi connectivity index (χ2v) is 15.9. The van der Waals surface area contributed by atoms with Gasteiger partial charge in [0.2, 0.25) is 0 Å². The maximum absolute atomic E-state index is 6.46. The molecule has 0 fully saturated rings. The Morgan fingerprint density at radius 2 is 1.19 bits per heavy atom. The predicted molar refractivity (Wildman–Crippen MR) is 245 cm³/mol. The molecule has 1 heterocycles. The zero-order valence-electron chi connectivity index (χ0n) is 32.8. The molecular weight excluding hydrogens is 689 g/mol. The fourth-order valence-electron chi connectivity index (χ4n) is 9.50. The molecule has 57 heavy (non-hydrogen) atoms. The van der Waals surface area contributed by atoms with Gasteiger partial charge in [-0.3, -0.25) is 0 Å². The van der Waals surface area contributed by atoms with Gasteiger partial charge in [-0.15, -0.1) is 0 Å². The summed E-state index contributed by atoms with van der Waals surface area (Å²) in [4.78, 5) is 0. The minimum Gasteiger partial charge on any atom is -0.455 e. The van der Waals surface area contributed by atoms with Gasteiger partial charge in [-0.25, -0.2) is 0 Å². The Labute approximate surface area is 334 Å². The van der Waals surface area contributed by atoms with E-state index in [0.29, 0.717) is 0 Å². The number of para-hydroxylation sites is 2. The van der Waals surface area contributed by atoms with E-state index < -0.39 is 0 Å². The molecule has 9 aromatic rings. The summed E-state index contributed by atoms with van der Waals surface area (Å²) >= 11 is 0. The number of benzene rings is 8. The van der Waals surface area contributed by atoms with Gasteiger partial charge in [0.1, 0.15) is 11.2 Å². The van der Waals surface area contributed by atoms with Crippen LogP contribution >= 0.6 is 0 Å². The Balaban J connectivity index is 1.23. The predicted octanol–water partition coefficient (Wildman–Crippen LogP) is 16.1. The van der Waals surface area contributed by atoms with Crippen LogP contribution in [0.1, 0.15) is 50.3 Å². The molecule has 274 valence electrons. The van der Waals surface area contributed by atoms with Gasteiger partial charge in [0.05, 0.1) is 0 Å². The van der Waals surface area contributed by atoms with Gasteiger partial charge < -0.3 is 4.42 Å². The molecule has 0 amide bonds. The minimum absolute atomic E-state index is 0.126. The average Bonchev–Trinajstić information content (AvgIpc) is 3.74. The second-order valence-electron chi connectivity index (χ2n) is 15.9. The van der Waals surface area contributed by atoms with Crippen LogP contribution in [0.5, 0.6) is 0 Å². The molecule has 1 aliphatic carbocycles. The van der Waals surface area contributed by atoms with Gasteiger partial charge >= 0.3 is 0 Å². The lowest BCUT2D eigenvalue weighted by Gasteiger charge is -2.24. The van der Waals surface area contributed by atoms with Gasteiger partial charge in [-0.2, -0.15) is 0 Å². The van der Waals surface area contributed by atoms with Crippen LogP contribution in [0.2, 0.25) is 0 Å². The van der Waals surface area contributed by atoms with Crippen molar-refractivity contribution in [2.45, 2.75) is 39.0 Å². The lowest BCUT2D eigenvalue weighted by molar-refractivity contribution is 0.661. The summed E-state index contributed by atoms with van der Waals surface area (Å²) in [6, 6.07) is 56.1. The molecule has 0 saturated carbocycles. The molecule has 1 nitrogen and oxygen atoms in total. The average molecular weight is 733 g/mol. The SMILES string of the molecule is C=C/C=C\C=C(/CCC)c1cccc(-c2c3ccccc3c(-c3ccc(-c4cccc5c4oc4ccccc45)cc3)c3cc4c(cc23)C(C)(C)c2ccccc2-4)c1. The van der Waals surface area contributed by atoms with Crippen molar-refractivity contribution in [1.82, 2.24) is 0 Å². The Morgan fingerprint density at radius 1 is 0.544 bits per heavy atom. The molecule has 1 aliphatic rings. The van der Waals surface area contributed by atoms with Gasteiger partial charge in [-0.05, 0) is 113 Å². The van der Waals surface area contributed by atoms with Gasteiger partial charge in [0.25, 0.3) is 0 Å². The van der Waals surface area contributed by atoms with Gasteiger partial charge in [0.15, 0.2) is 0 Å². The van der Waals surface area contributed by atoms with E-state index in [1.807, 2.05) is 18.2 Å². The first-order chi connectivity index (χ1) is 28.0. The van der Waals surface area contributed by atoms with E-state index in [1.165, 1.54) is 77.2 Å². The Hall–Kier alpha value is -6.70. The van der Waals surface area contributed by atoms with Gasteiger partial charge in [0, 0.05) is 21.8 Å². The van der Waals surface area contributed by atoms with E-state index in [0.717, 1.165) is 45.9 Å². The number of fused-ring (bicyclic) bond motifs is 8. The minimum atomic E-state index is -0.126. The lowest BCUT2D eigenvalue weighted by atomic mass is 9.79. The van der Waals surface area contributed by atoms with Crippen molar-refractivity contribution in [3.05, 3.63) is 199 Å². The normalized spacial score (nSPS) is 13.6. The third-order valence-corrected chi connectivity index (χ3v) is 12.2. The van der Waals surface area contributed by atoms with E-state index in [9.17, 15) is 0 Å². The zero-order chi connectivity index (χ0) is 38.7. The molecule has 1 aromatic heterocycles. The molecule has 0 bridgehead atoms. The summed E-state index contributed by atoms with van der Waals surface area (Å²) < 4.78 is 6.46. The summed E-state index contributed by atoms with van der Waals surface area (Å²) in [7, 11) is 0. The van der Waals surface area contributed by atoms with Crippen molar-refractivity contribution in [2.75, 3.05) is 0 Å². The molecule has 0 aliphatic heterocycles. The topological polar surface area (TPSA) is 13.1 Å². The molecule has 0 saturated heterocycles. The van der Waals surface area contributed by atoms with Crippen LogP contribution in [0.15, 0.2) is 187 Å². The van der Waals surface area contributed by atoms with Crippen molar-refractivity contribution in [2.24, 2.45) is 0 Å². The Morgan fingerprint density at radius 3 is 1.98 bits per heavy atom. The number of rotatable bonds is 8. The standard InChI is InChI=1S/C56H44O/c1-5-7-8-18-36(17-6-2)39-19-15-20-40(33-39)54-45-24-10-9-23-44(45)53(48-34-47-42-21-11-13-27-50(42)56(3,4)51(47)35-49(48)54)38-31-29-37(30-32-38)41-25-16-26-46-43-22-12-14-28-52(43)57-55(41)46/h5,7-16,18-35H,1,6,17H2,2-4H3/b8-7-,36-18+. The highest BCUT2D eigenvalue weighted by Crippen LogP contribution is 2.53. The van der Waals surface area contributed by atoms with Crippen LogP contribution in [0.25, 0.3) is 93.6 Å². The highest BCUT2D eigenvalue weighted by Gasteiger charge is 2.36. The van der Waals surface area contributed by atoms with E-state index in [2.05, 4.69) is 185 Å². The summed E-state index contributed by atoms with van der Waals surface area (Å²) in [5.74, 6) is 0. The number of furan rings is 1. The van der Waals surface area contributed by atoms with Crippen LogP contribution in [-0.2, 0) is 5.41 Å². The Kier molecular flexibility index (Phi) is 8.42. The summed E-state index contributed by atoms with van der Waals surface area (Å²) in [6.45, 7) is 10.9. The summed E-state index contributed by atoms with van der Waals surface area (Å²) in [5.41, 5.74) is 17.0. The first kappa shape index (κ1) is 34.8. The van der Waals surface area contributed by atoms with E-state index in [4.69, 9.17) is 4.42 Å². The fourth-order valence-corrected chi connectivity index (χ4v) is 9.50. The third kappa shape index (κ3) is 5.60. The fraction of sp³-hybridized carbons (Fsp3) is 0.107. The quantitative estimate of drug-likeness (QED) is 0.112. The molecule has 0 N–H and O–H groups in total. The number of hydrogen-bond acceptors (Lipinski definition) is 1. The van der Waals surface area contributed by atoms with Crippen molar-refractivity contribution >= 4 is 49.1 Å². The maximum atomic E-state index is 6.46. The van der Waals surface area contributed by atoms with Crippen LogP contribution in [0, 0.1) is 0 Å². The molecule has 8 aromatic carbocycles. The molecular formula is C56H44O. The first-order valence-electron chi connectivity index (χ1n) is 20.2. The van der Waals surface area contributed by atoms with Crippen molar-refractivity contribution in [1.29, 1.82) is 0 Å². The Bertz CT molecular complexity index is 3110. The molecule has 0 unspecified atom stereocenters. The van der Waals surface area contributed by atoms with Crippen molar-refractivity contribution in [3.8, 4) is 44.5 Å². The third-order valence-electron chi connectivity index (χ3n) is 12.2.